The molecule has 0 spiro atoms. The summed E-state index contributed by atoms with van der Waals surface area (Å²) in [7, 11) is 0. The van der Waals surface area contributed by atoms with Crippen LogP contribution in [0.3, 0.4) is 0 Å². The molecule has 0 radical (unpaired) electrons. The van der Waals surface area contributed by atoms with E-state index in [0.717, 1.165) is 18.8 Å². The van der Waals surface area contributed by atoms with Crippen LogP contribution in [0.4, 0.5) is 16.0 Å². The topological polar surface area (TPSA) is 87.6 Å². The van der Waals surface area contributed by atoms with Gasteiger partial charge < -0.3 is 15.6 Å². The Kier molecular flexibility index (Phi) is 3.80. The number of rotatable bonds is 3. The van der Waals surface area contributed by atoms with Crippen molar-refractivity contribution in [2.24, 2.45) is 0 Å². The number of aromatic nitrogens is 4. The monoisotopic (exact) mass is 356 g/mol. The molecule has 26 heavy (non-hydrogen) atoms. The number of nitrogens with zero attached hydrogens (tertiary/aromatic N) is 3. The van der Waals surface area contributed by atoms with E-state index < -0.39 is 0 Å². The van der Waals surface area contributed by atoms with Crippen molar-refractivity contribution in [2.75, 3.05) is 18.4 Å². The highest BCUT2D eigenvalue weighted by Crippen LogP contribution is 2.29. The molecule has 8 heteroatoms. The number of imidazole rings is 1. The Bertz CT molecular complexity index is 1010. The Labute approximate surface area is 149 Å². The molecule has 0 amide bonds. The van der Waals surface area contributed by atoms with Crippen LogP contribution in [0, 0.1) is 5.82 Å². The van der Waals surface area contributed by atoms with Crippen LogP contribution in [-0.2, 0) is 5.41 Å². The van der Waals surface area contributed by atoms with Gasteiger partial charge in [0, 0.05) is 24.2 Å². The van der Waals surface area contributed by atoms with Crippen molar-refractivity contribution in [3.05, 3.63) is 46.3 Å². The summed E-state index contributed by atoms with van der Waals surface area (Å²) in [5.41, 5.74) is 2.24. The molecule has 1 fully saturated rings. The minimum Gasteiger partial charge on any atom is -0.324 e. The van der Waals surface area contributed by atoms with Gasteiger partial charge in [0.05, 0.1) is 11.7 Å². The molecule has 136 valence electrons. The molecule has 1 aromatic carbocycles. The number of aromatic amines is 1. The highest BCUT2D eigenvalue weighted by Gasteiger charge is 2.28. The van der Waals surface area contributed by atoms with Crippen molar-refractivity contribution in [1.82, 2.24) is 24.8 Å². The van der Waals surface area contributed by atoms with Crippen molar-refractivity contribution in [1.29, 1.82) is 0 Å². The lowest BCUT2D eigenvalue weighted by atomic mass is 9.91. The van der Waals surface area contributed by atoms with Crippen molar-refractivity contribution < 1.29 is 4.39 Å². The Morgan fingerprint density at radius 3 is 2.46 bits per heavy atom. The SMILES string of the molecule is CC(C)(C)c1nc(Nc2ccc(F)cc2)nc2c1[nH]c(=O)n2C1CNC1. The molecule has 0 atom stereocenters. The fraction of sp³-hybridized carbons (Fsp3) is 0.389. The molecule has 3 N–H and O–H groups in total. The third kappa shape index (κ3) is 2.86. The average Bonchev–Trinajstić information content (AvgIpc) is 2.83. The average molecular weight is 356 g/mol. The molecule has 0 unspecified atom stereocenters. The third-order valence-electron chi connectivity index (χ3n) is 4.50. The molecule has 2 aromatic heterocycles. The first kappa shape index (κ1) is 16.7. The summed E-state index contributed by atoms with van der Waals surface area (Å²) in [4.78, 5) is 24.6. The van der Waals surface area contributed by atoms with Gasteiger partial charge >= 0.3 is 5.69 Å². The number of fused-ring (bicyclic) bond motifs is 1. The standard InChI is InChI=1S/C18H21FN6O/c1-18(2,3)14-13-15(25(17(26)22-13)12-8-20-9-12)24-16(23-14)21-11-6-4-10(19)5-7-11/h4-7,12,20H,8-9H2,1-3H3,(H,22,26)(H,21,23,24). The lowest BCUT2D eigenvalue weighted by Gasteiger charge is -2.28. The number of H-pyrrole nitrogens is 1. The predicted molar refractivity (Wildman–Crippen MR) is 98.4 cm³/mol. The summed E-state index contributed by atoms with van der Waals surface area (Å²) >= 11 is 0. The maximum absolute atomic E-state index is 13.1. The molecule has 0 aliphatic carbocycles. The maximum atomic E-state index is 13.1. The van der Waals surface area contributed by atoms with Gasteiger partial charge in [0.1, 0.15) is 11.3 Å². The Balaban J connectivity index is 1.87. The quantitative estimate of drug-likeness (QED) is 0.671. The van der Waals surface area contributed by atoms with Gasteiger partial charge in [-0.15, -0.1) is 0 Å². The molecule has 1 aliphatic heterocycles. The van der Waals surface area contributed by atoms with Crippen LogP contribution in [0.2, 0.25) is 0 Å². The summed E-state index contributed by atoms with van der Waals surface area (Å²) in [6, 6.07) is 6.08. The fourth-order valence-corrected chi connectivity index (χ4v) is 3.06. The van der Waals surface area contributed by atoms with Crippen molar-refractivity contribution in [3.8, 4) is 0 Å². The minimum atomic E-state index is -0.306. The first-order valence-corrected chi connectivity index (χ1v) is 8.59. The molecule has 1 aliphatic rings. The van der Waals surface area contributed by atoms with Gasteiger partial charge in [0.25, 0.3) is 0 Å². The van der Waals surface area contributed by atoms with E-state index in [4.69, 9.17) is 0 Å². The molecular weight excluding hydrogens is 335 g/mol. The Morgan fingerprint density at radius 1 is 1.19 bits per heavy atom. The number of halogens is 1. The molecule has 0 bridgehead atoms. The van der Waals surface area contributed by atoms with Crippen molar-refractivity contribution >= 4 is 22.8 Å². The van der Waals surface area contributed by atoms with E-state index >= 15 is 0 Å². The second-order valence-corrected chi connectivity index (χ2v) is 7.59. The highest BCUT2D eigenvalue weighted by molar-refractivity contribution is 5.77. The van der Waals surface area contributed by atoms with Gasteiger partial charge in [0.2, 0.25) is 5.95 Å². The second-order valence-electron chi connectivity index (χ2n) is 7.59. The van der Waals surface area contributed by atoms with Gasteiger partial charge in [-0.25, -0.2) is 14.2 Å². The van der Waals surface area contributed by atoms with Crippen LogP contribution in [-0.4, -0.2) is 32.6 Å². The van der Waals surface area contributed by atoms with Crippen LogP contribution < -0.4 is 16.3 Å². The van der Waals surface area contributed by atoms with Crippen LogP contribution in [0.15, 0.2) is 29.1 Å². The van der Waals surface area contributed by atoms with Crippen LogP contribution in [0.1, 0.15) is 32.5 Å². The Hall–Kier alpha value is -2.74. The summed E-state index contributed by atoms with van der Waals surface area (Å²) in [5, 5.41) is 6.29. The van der Waals surface area contributed by atoms with Crippen molar-refractivity contribution in [2.45, 2.75) is 32.2 Å². The molecule has 1 saturated heterocycles. The van der Waals surface area contributed by atoms with E-state index in [0.29, 0.717) is 22.8 Å². The first-order valence-electron chi connectivity index (χ1n) is 8.59. The summed E-state index contributed by atoms with van der Waals surface area (Å²) < 4.78 is 14.8. The molecule has 3 aromatic rings. The van der Waals surface area contributed by atoms with Gasteiger partial charge in [-0.05, 0) is 24.3 Å². The van der Waals surface area contributed by atoms with Gasteiger partial charge in [-0.3, -0.25) is 4.57 Å². The van der Waals surface area contributed by atoms with Crippen LogP contribution >= 0.6 is 0 Å². The van der Waals surface area contributed by atoms with E-state index in [2.05, 4.69) is 25.6 Å². The van der Waals surface area contributed by atoms with Crippen LogP contribution in [0.25, 0.3) is 11.2 Å². The van der Waals surface area contributed by atoms with E-state index in [-0.39, 0.29) is 23.0 Å². The second kappa shape index (κ2) is 5.91. The summed E-state index contributed by atoms with van der Waals surface area (Å²) in [6.07, 6.45) is 0. The summed E-state index contributed by atoms with van der Waals surface area (Å²) in [5.74, 6) is 0.0772. The minimum absolute atomic E-state index is 0.0811. The molecular formula is C18H21FN6O. The smallest absolute Gasteiger partial charge is 0.324 e. The number of hydrogen-bond donors (Lipinski definition) is 3. The third-order valence-corrected chi connectivity index (χ3v) is 4.50. The number of anilines is 2. The van der Waals surface area contributed by atoms with Gasteiger partial charge in [-0.2, -0.15) is 4.98 Å². The zero-order valence-corrected chi connectivity index (χ0v) is 14.9. The van der Waals surface area contributed by atoms with Crippen molar-refractivity contribution in [3.63, 3.8) is 0 Å². The van der Waals surface area contributed by atoms with E-state index in [9.17, 15) is 9.18 Å². The largest absolute Gasteiger partial charge is 0.328 e. The first-order chi connectivity index (χ1) is 12.3. The lowest BCUT2D eigenvalue weighted by Crippen LogP contribution is -2.46. The summed E-state index contributed by atoms with van der Waals surface area (Å²) in [6.45, 7) is 7.59. The van der Waals surface area contributed by atoms with Crippen LogP contribution in [0.5, 0.6) is 0 Å². The zero-order chi connectivity index (χ0) is 18.5. The van der Waals surface area contributed by atoms with Gasteiger partial charge in [-0.1, -0.05) is 20.8 Å². The molecule has 0 saturated carbocycles. The fourth-order valence-electron chi connectivity index (χ4n) is 3.06. The van der Waals surface area contributed by atoms with E-state index in [1.807, 2.05) is 20.8 Å². The lowest BCUT2D eigenvalue weighted by molar-refractivity contribution is 0.343. The number of hydrogen-bond acceptors (Lipinski definition) is 5. The highest BCUT2D eigenvalue weighted by atomic mass is 19.1. The van der Waals surface area contributed by atoms with E-state index in [1.165, 1.54) is 12.1 Å². The predicted octanol–water partition coefficient (Wildman–Crippen LogP) is 2.44. The zero-order valence-electron chi connectivity index (χ0n) is 14.9. The van der Waals surface area contributed by atoms with Gasteiger partial charge in [0.15, 0.2) is 5.65 Å². The molecule has 3 heterocycles. The molecule has 7 nitrogen and oxygen atoms in total. The molecule has 4 rings (SSSR count). The maximum Gasteiger partial charge on any atom is 0.328 e. The Morgan fingerprint density at radius 2 is 1.88 bits per heavy atom. The number of nitrogens with one attached hydrogen (secondary N) is 3. The normalized spacial score (nSPS) is 15.2. The number of benzene rings is 1. The van der Waals surface area contributed by atoms with E-state index in [1.54, 1.807) is 16.7 Å².